The number of ether oxygens (including phenoxy) is 2. The molecule has 3 aliphatic rings. The van der Waals surface area contributed by atoms with Crippen LogP contribution in [0.5, 0.6) is 0 Å². The number of hydrogen-bond donors (Lipinski definition) is 2. The van der Waals surface area contributed by atoms with Crippen molar-refractivity contribution in [2.24, 2.45) is 11.8 Å². The highest BCUT2D eigenvalue weighted by molar-refractivity contribution is 9.09. The Hall–Kier alpha value is -3.80. The molecule has 3 amide bonds. The van der Waals surface area contributed by atoms with Gasteiger partial charge in [0.05, 0.1) is 36.6 Å². The van der Waals surface area contributed by atoms with Gasteiger partial charge in [0, 0.05) is 23.5 Å². The lowest BCUT2D eigenvalue weighted by atomic mass is 9.70. The van der Waals surface area contributed by atoms with Gasteiger partial charge < -0.3 is 29.7 Å². The summed E-state index contributed by atoms with van der Waals surface area (Å²) in [7, 11) is 0. The van der Waals surface area contributed by atoms with Crippen LogP contribution in [0.2, 0.25) is 0 Å². The molecular formula is C39H48BrN3O7. The first kappa shape index (κ1) is 37.5. The van der Waals surface area contributed by atoms with E-state index >= 15 is 4.79 Å². The number of carbonyl (C=O) groups excluding carboxylic acids is 4. The zero-order valence-corrected chi connectivity index (χ0v) is 30.8. The van der Waals surface area contributed by atoms with Crippen molar-refractivity contribution >= 4 is 45.3 Å². The van der Waals surface area contributed by atoms with Crippen LogP contribution in [0.15, 0.2) is 73.8 Å². The summed E-state index contributed by atoms with van der Waals surface area (Å²) in [6.45, 7) is 14.9. The molecule has 5 rings (SSSR count). The highest BCUT2D eigenvalue weighted by Crippen LogP contribution is 2.61. The smallest absolute Gasteiger partial charge is 0.313 e. The maximum Gasteiger partial charge on any atom is 0.313 e. The molecule has 1 spiro atoms. The van der Waals surface area contributed by atoms with E-state index in [1.165, 1.54) is 4.90 Å². The zero-order chi connectivity index (χ0) is 36.3. The summed E-state index contributed by atoms with van der Waals surface area (Å²) in [4.78, 5) is 59.6. The van der Waals surface area contributed by atoms with Gasteiger partial charge in [-0.15, -0.1) is 13.2 Å². The van der Waals surface area contributed by atoms with Crippen molar-refractivity contribution in [3.8, 4) is 0 Å². The second kappa shape index (κ2) is 15.6. The predicted molar refractivity (Wildman–Crippen MR) is 194 cm³/mol. The predicted octanol–water partition coefficient (Wildman–Crippen LogP) is 5.10. The number of alkyl halides is 1. The number of anilines is 1. The fourth-order valence-electron chi connectivity index (χ4n) is 8.16. The number of likely N-dealkylation sites (tertiary alicyclic amines) is 1. The number of halogens is 1. The van der Waals surface area contributed by atoms with Gasteiger partial charge >= 0.3 is 5.97 Å². The van der Waals surface area contributed by atoms with Crippen molar-refractivity contribution in [1.29, 1.82) is 0 Å². The zero-order valence-electron chi connectivity index (χ0n) is 29.2. The number of aryl methyl sites for hydroxylation is 2. The molecule has 2 N–H and O–H groups in total. The van der Waals surface area contributed by atoms with E-state index in [1.54, 1.807) is 24.0 Å². The molecule has 0 saturated carbocycles. The lowest BCUT2D eigenvalue weighted by Gasteiger charge is -2.39. The van der Waals surface area contributed by atoms with Crippen LogP contribution in [0.4, 0.5) is 5.69 Å². The number of carbonyl (C=O) groups is 4. The fraction of sp³-hybridized carbons (Fsp3) is 0.487. The second-order valence-electron chi connectivity index (χ2n) is 13.6. The summed E-state index contributed by atoms with van der Waals surface area (Å²) in [6.07, 6.45) is 3.14. The molecule has 268 valence electrons. The fourth-order valence-corrected chi connectivity index (χ4v) is 9.11. The molecule has 11 heteroatoms. The van der Waals surface area contributed by atoms with Crippen LogP contribution in [0, 0.1) is 25.7 Å². The molecule has 10 nitrogen and oxygen atoms in total. The Morgan fingerprint density at radius 3 is 2.42 bits per heavy atom. The first-order valence-corrected chi connectivity index (χ1v) is 18.3. The summed E-state index contributed by atoms with van der Waals surface area (Å²) < 4.78 is 13.0. The van der Waals surface area contributed by atoms with E-state index in [0.717, 1.165) is 16.8 Å². The minimum Gasteiger partial charge on any atom is -0.455 e. The van der Waals surface area contributed by atoms with E-state index in [4.69, 9.17) is 9.47 Å². The van der Waals surface area contributed by atoms with Crippen LogP contribution in [0.3, 0.4) is 0 Å². The Labute approximate surface area is 303 Å². The van der Waals surface area contributed by atoms with E-state index in [1.807, 2.05) is 69.3 Å². The van der Waals surface area contributed by atoms with Gasteiger partial charge in [0.2, 0.25) is 11.8 Å². The minimum absolute atomic E-state index is 0.182. The van der Waals surface area contributed by atoms with Crippen LogP contribution in [-0.4, -0.2) is 81.5 Å². The molecule has 0 radical (unpaired) electrons. The number of rotatable bonds is 15. The highest BCUT2D eigenvalue weighted by atomic mass is 79.9. The van der Waals surface area contributed by atoms with E-state index in [2.05, 4.69) is 34.4 Å². The number of hydrogen-bond acceptors (Lipinski definition) is 7. The molecule has 2 aromatic rings. The molecule has 1 unspecified atom stereocenters. The van der Waals surface area contributed by atoms with Crippen molar-refractivity contribution < 1.29 is 33.8 Å². The van der Waals surface area contributed by atoms with Gasteiger partial charge in [-0.2, -0.15) is 0 Å². The minimum atomic E-state index is -1.36. The first-order chi connectivity index (χ1) is 23.9. The molecule has 3 aliphatic heterocycles. The third-order valence-electron chi connectivity index (χ3n) is 10.4. The van der Waals surface area contributed by atoms with Crippen LogP contribution in [0.25, 0.3) is 0 Å². The van der Waals surface area contributed by atoms with Crippen LogP contribution >= 0.6 is 15.9 Å². The molecule has 2 bridgehead atoms. The van der Waals surface area contributed by atoms with Gasteiger partial charge in [-0.3, -0.25) is 19.2 Å². The number of allylic oxidation sites excluding steroid dienone is 1. The first-order valence-electron chi connectivity index (χ1n) is 17.3. The van der Waals surface area contributed by atoms with Crippen LogP contribution < -0.4 is 10.2 Å². The van der Waals surface area contributed by atoms with Crippen molar-refractivity contribution in [2.75, 3.05) is 18.1 Å². The van der Waals surface area contributed by atoms with Gasteiger partial charge in [0.1, 0.15) is 17.7 Å². The topological polar surface area (TPSA) is 125 Å². The molecular weight excluding hydrogens is 702 g/mol. The lowest BCUT2D eigenvalue weighted by Crippen LogP contribution is -2.59. The van der Waals surface area contributed by atoms with Gasteiger partial charge in [-0.1, -0.05) is 83.5 Å². The van der Waals surface area contributed by atoms with E-state index in [-0.39, 0.29) is 36.2 Å². The third kappa shape index (κ3) is 6.67. The van der Waals surface area contributed by atoms with Gasteiger partial charge in [0.15, 0.2) is 0 Å². The summed E-state index contributed by atoms with van der Waals surface area (Å²) >= 11 is 3.74. The number of nitrogens with one attached hydrogen (secondary N) is 1. The Bertz CT molecular complexity index is 1590. The molecule has 9 atom stereocenters. The molecule has 50 heavy (non-hydrogen) atoms. The third-order valence-corrected chi connectivity index (χ3v) is 11.2. The molecule has 2 aromatic carbocycles. The highest BCUT2D eigenvalue weighted by Gasteiger charge is 2.77. The number of benzene rings is 2. The molecule has 3 heterocycles. The average molecular weight is 751 g/mol. The number of aliphatic hydroxyl groups excluding tert-OH is 1. The molecule has 3 saturated heterocycles. The number of esters is 1. The number of para-hydroxylation sites is 1. The van der Waals surface area contributed by atoms with E-state index < -0.39 is 59.6 Å². The molecule has 3 fully saturated rings. The van der Waals surface area contributed by atoms with Crippen molar-refractivity contribution in [2.45, 2.75) is 94.1 Å². The largest absolute Gasteiger partial charge is 0.455 e. The number of amides is 3. The van der Waals surface area contributed by atoms with Gasteiger partial charge in [0.25, 0.3) is 5.91 Å². The van der Waals surface area contributed by atoms with Crippen molar-refractivity contribution in [3.05, 3.63) is 90.5 Å². The Balaban J connectivity index is 1.55. The molecule has 0 aliphatic carbocycles. The SMILES string of the molecule is C=CCCC(=O)N[C@@H](C)[C@H](OC(=O)[C@@H]1[C@H]2O[C@@]3(CC2Br)[C@H](C(=O)N(CC=C)c2c(C)cccc2C)N([C@@H](CC)CO)C(=O)[C@@H]13)c1ccccc1. The number of aliphatic hydroxyl groups is 1. The normalized spacial score (nSPS) is 26.9. The Morgan fingerprint density at radius 1 is 1.14 bits per heavy atom. The second-order valence-corrected chi connectivity index (χ2v) is 14.8. The summed E-state index contributed by atoms with van der Waals surface area (Å²) in [5.74, 6) is -3.71. The number of nitrogens with zero attached hydrogens (tertiary/aromatic N) is 2. The molecule has 0 aromatic heterocycles. The quantitative estimate of drug-likeness (QED) is 0.148. The van der Waals surface area contributed by atoms with Crippen LogP contribution in [-0.2, 0) is 28.7 Å². The lowest BCUT2D eigenvalue weighted by molar-refractivity contribution is -0.162. The standard InChI is InChI=1S/C39H48BrN3O7/c1-7-10-19-29(45)41-25(6)33(26-17-12-11-13-18-26)49-38(48)30-31-36(46)43(27(9-3)22-44)35(39(31)21-28(40)34(30)50-39)37(47)42(20-8-2)32-23(4)15-14-16-24(32)5/h7-8,11-18,25,27-28,30-31,33-35,44H,1-2,9-10,19-22H2,3-6H3,(H,41,45)/t25-,27-,28?,30-,31+,33-,34-,35-,39+/m0/s1. The maximum absolute atomic E-state index is 15.0. The average Bonchev–Trinajstić information content (AvgIpc) is 3.69. The van der Waals surface area contributed by atoms with E-state index in [0.29, 0.717) is 24.8 Å². The summed E-state index contributed by atoms with van der Waals surface area (Å²) in [5, 5.41) is 13.5. The monoisotopic (exact) mass is 749 g/mol. The maximum atomic E-state index is 15.0. The van der Waals surface area contributed by atoms with Crippen molar-refractivity contribution in [3.63, 3.8) is 0 Å². The number of fused-ring (bicyclic) bond motifs is 1. The van der Waals surface area contributed by atoms with Crippen molar-refractivity contribution in [1.82, 2.24) is 10.2 Å². The van der Waals surface area contributed by atoms with Gasteiger partial charge in [-0.05, 0) is 56.7 Å². The van der Waals surface area contributed by atoms with E-state index in [9.17, 15) is 19.5 Å². The van der Waals surface area contributed by atoms with Crippen LogP contribution in [0.1, 0.15) is 62.3 Å². The Morgan fingerprint density at radius 2 is 1.82 bits per heavy atom. The van der Waals surface area contributed by atoms with Gasteiger partial charge in [-0.25, -0.2) is 0 Å². The summed E-state index contributed by atoms with van der Waals surface area (Å²) in [5.41, 5.74) is 1.80. The summed E-state index contributed by atoms with van der Waals surface area (Å²) in [6, 6.07) is 12.5. The Kier molecular flexibility index (Phi) is 11.7.